The molecule has 0 fully saturated rings. The summed E-state index contributed by atoms with van der Waals surface area (Å²) in [5.41, 5.74) is 12.1. The van der Waals surface area contributed by atoms with Gasteiger partial charge in [0.25, 0.3) is 5.91 Å². The van der Waals surface area contributed by atoms with E-state index in [1.807, 2.05) is 18.2 Å². The zero-order valence-electron chi connectivity index (χ0n) is 15.6. The Morgan fingerprint density at radius 2 is 1.83 bits per heavy atom. The summed E-state index contributed by atoms with van der Waals surface area (Å²) >= 11 is 1.36. The van der Waals surface area contributed by atoms with E-state index in [0.717, 1.165) is 9.79 Å². The third-order valence-electron chi connectivity index (χ3n) is 3.81. The molecule has 10 heteroatoms. The first kappa shape index (κ1) is 20.9. The van der Waals surface area contributed by atoms with E-state index in [-0.39, 0.29) is 12.0 Å². The maximum absolute atomic E-state index is 12.6. The normalized spacial score (nSPS) is 12.8. The molecule has 3 aromatic rings. The number of aromatic amines is 1. The van der Waals surface area contributed by atoms with Crippen molar-refractivity contribution in [3.8, 4) is 11.5 Å². The van der Waals surface area contributed by atoms with E-state index in [1.54, 1.807) is 49.6 Å². The van der Waals surface area contributed by atoms with E-state index in [9.17, 15) is 9.36 Å². The number of primary amides is 1. The van der Waals surface area contributed by atoms with Gasteiger partial charge in [0.05, 0.1) is 15.5 Å². The fraction of sp³-hybridized carbons (Fsp3) is 0.105. The zero-order chi connectivity index (χ0) is 20.9. The minimum Gasteiger partial charge on any atom is -0.480 e. The van der Waals surface area contributed by atoms with Crippen molar-refractivity contribution in [3.05, 3.63) is 66.5 Å². The summed E-state index contributed by atoms with van der Waals surface area (Å²) in [7, 11) is -1.82. The molecular formula is C19H21N4O4PS. The first-order valence-corrected chi connectivity index (χ1v) is 11.3. The molecule has 29 heavy (non-hydrogen) atoms. The van der Waals surface area contributed by atoms with Crippen LogP contribution >= 0.6 is 19.3 Å². The van der Waals surface area contributed by atoms with Crippen LogP contribution in [0, 0.1) is 0 Å². The lowest BCUT2D eigenvalue weighted by atomic mass is 10.3. The van der Waals surface area contributed by atoms with Crippen LogP contribution in [-0.2, 0) is 4.57 Å². The smallest absolute Gasteiger partial charge is 0.350 e. The van der Waals surface area contributed by atoms with Crippen molar-refractivity contribution in [1.29, 1.82) is 0 Å². The number of para-hydroxylation sites is 2. The number of anilines is 1. The largest absolute Gasteiger partial charge is 0.480 e. The molecule has 1 unspecified atom stereocenters. The average molecular weight is 432 g/mol. The summed E-state index contributed by atoms with van der Waals surface area (Å²) in [4.78, 5) is 15.9. The topological polar surface area (TPSA) is 132 Å². The van der Waals surface area contributed by atoms with Crippen molar-refractivity contribution >= 4 is 30.9 Å². The molecule has 0 spiro atoms. The van der Waals surface area contributed by atoms with Crippen molar-refractivity contribution in [2.75, 3.05) is 18.7 Å². The average Bonchev–Trinajstić information content (AvgIpc) is 3.11. The Bertz CT molecular complexity index is 1040. The standard InChI is InChI=1S/C19H21N4O4PS/c1-22-17-16(11-23-18(17)19(20)24)29-15-10-6-5-9-14(15)26-12-28(21,25)27-13-7-3-2-4-8-13/h2-11,22-23H,12H2,1H3,(H2,20,24)(H2,21,25). The number of hydrogen-bond donors (Lipinski definition) is 4. The van der Waals surface area contributed by atoms with Gasteiger partial charge >= 0.3 is 7.52 Å². The van der Waals surface area contributed by atoms with Crippen molar-refractivity contribution in [2.24, 2.45) is 11.2 Å². The highest BCUT2D eigenvalue weighted by atomic mass is 32.2. The molecule has 0 saturated heterocycles. The van der Waals surface area contributed by atoms with Crippen LogP contribution in [-0.4, -0.2) is 24.3 Å². The second-order valence-electron chi connectivity index (χ2n) is 5.97. The van der Waals surface area contributed by atoms with Crippen molar-refractivity contribution in [1.82, 2.24) is 4.98 Å². The van der Waals surface area contributed by atoms with Crippen LogP contribution in [0.15, 0.2) is 70.6 Å². The molecule has 0 aliphatic heterocycles. The van der Waals surface area contributed by atoms with Crippen LogP contribution in [0.3, 0.4) is 0 Å². The Kier molecular flexibility index (Phi) is 6.53. The number of nitrogens with one attached hydrogen (secondary N) is 2. The highest BCUT2D eigenvalue weighted by Gasteiger charge is 2.21. The SMILES string of the molecule is CNc1c(Sc2ccccc2OCP(N)(=O)Oc2ccccc2)c[nH]c1C(N)=O. The lowest BCUT2D eigenvalue weighted by molar-refractivity contribution is 0.0997. The van der Waals surface area contributed by atoms with Crippen molar-refractivity contribution in [3.63, 3.8) is 0 Å². The van der Waals surface area contributed by atoms with Gasteiger partial charge in [0.15, 0.2) is 6.35 Å². The number of nitrogens with two attached hydrogens (primary N) is 2. The monoisotopic (exact) mass is 432 g/mol. The number of amides is 1. The molecule has 0 radical (unpaired) electrons. The van der Waals surface area contributed by atoms with Crippen LogP contribution in [0.1, 0.15) is 10.5 Å². The fourth-order valence-corrected chi connectivity index (χ4v) is 4.43. The summed E-state index contributed by atoms with van der Waals surface area (Å²) in [6.45, 7) is 0. The quantitative estimate of drug-likeness (QED) is 0.377. The first-order chi connectivity index (χ1) is 13.9. The van der Waals surface area contributed by atoms with Gasteiger partial charge in [0.2, 0.25) is 0 Å². The number of rotatable bonds is 9. The summed E-state index contributed by atoms with van der Waals surface area (Å²) in [5, 5.41) is 2.97. The van der Waals surface area contributed by atoms with Crippen LogP contribution in [0.25, 0.3) is 0 Å². The molecule has 1 atom stereocenters. The molecular weight excluding hydrogens is 411 g/mol. The molecule has 6 N–H and O–H groups in total. The number of H-pyrrole nitrogens is 1. The molecule has 1 aromatic heterocycles. The predicted octanol–water partition coefficient (Wildman–Crippen LogP) is 3.87. The molecule has 3 rings (SSSR count). The molecule has 2 aromatic carbocycles. The Morgan fingerprint density at radius 1 is 1.14 bits per heavy atom. The lowest BCUT2D eigenvalue weighted by Crippen LogP contribution is -2.13. The molecule has 1 amide bonds. The number of carbonyl (C=O) groups excluding carboxylic acids is 1. The maximum Gasteiger partial charge on any atom is 0.350 e. The fourth-order valence-electron chi connectivity index (χ4n) is 2.55. The molecule has 0 saturated carbocycles. The number of carbonyl (C=O) groups is 1. The van der Waals surface area contributed by atoms with Gasteiger partial charge in [0.1, 0.15) is 17.2 Å². The maximum atomic E-state index is 12.6. The zero-order valence-corrected chi connectivity index (χ0v) is 17.3. The van der Waals surface area contributed by atoms with Crippen molar-refractivity contribution in [2.45, 2.75) is 9.79 Å². The Morgan fingerprint density at radius 3 is 2.52 bits per heavy atom. The van der Waals surface area contributed by atoms with E-state index < -0.39 is 13.4 Å². The van der Waals surface area contributed by atoms with E-state index in [1.165, 1.54) is 11.8 Å². The lowest BCUT2D eigenvalue weighted by Gasteiger charge is -2.17. The molecule has 0 bridgehead atoms. The van der Waals surface area contributed by atoms with E-state index in [4.69, 9.17) is 20.5 Å². The van der Waals surface area contributed by atoms with Gasteiger partial charge in [0, 0.05) is 13.2 Å². The summed E-state index contributed by atoms with van der Waals surface area (Å²) in [5.74, 6) is 0.339. The van der Waals surface area contributed by atoms with Crippen LogP contribution < -0.4 is 25.8 Å². The summed E-state index contributed by atoms with van der Waals surface area (Å²) < 4.78 is 23.7. The van der Waals surface area contributed by atoms with Gasteiger partial charge in [-0.15, -0.1) is 0 Å². The van der Waals surface area contributed by atoms with E-state index in [0.29, 0.717) is 17.2 Å². The van der Waals surface area contributed by atoms with Crippen LogP contribution in [0.2, 0.25) is 0 Å². The minimum atomic E-state index is -3.52. The first-order valence-electron chi connectivity index (χ1n) is 8.60. The second kappa shape index (κ2) is 9.09. The summed E-state index contributed by atoms with van der Waals surface area (Å²) in [6, 6.07) is 15.9. The van der Waals surface area contributed by atoms with Gasteiger partial charge in [-0.25, -0.2) is 5.50 Å². The molecule has 1 heterocycles. The Balaban J connectivity index is 1.74. The van der Waals surface area contributed by atoms with Gasteiger partial charge in [-0.3, -0.25) is 9.36 Å². The van der Waals surface area contributed by atoms with Crippen LogP contribution in [0.4, 0.5) is 5.69 Å². The number of hydrogen-bond acceptors (Lipinski definition) is 6. The third kappa shape index (κ3) is 5.35. The van der Waals surface area contributed by atoms with Gasteiger partial charge in [-0.1, -0.05) is 42.1 Å². The molecule has 152 valence electrons. The summed E-state index contributed by atoms with van der Waals surface area (Å²) in [6.07, 6.45) is 1.39. The predicted molar refractivity (Wildman–Crippen MR) is 114 cm³/mol. The van der Waals surface area contributed by atoms with Crippen molar-refractivity contribution < 1.29 is 18.6 Å². The van der Waals surface area contributed by atoms with Crippen LogP contribution in [0.5, 0.6) is 11.5 Å². The highest BCUT2D eigenvalue weighted by Crippen LogP contribution is 2.43. The second-order valence-corrected chi connectivity index (χ2v) is 8.95. The number of benzene rings is 2. The Hall–Kier alpha value is -2.87. The van der Waals surface area contributed by atoms with E-state index >= 15 is 0 Å². The Labute approximate surface area is 172 Å². The number of aromatic nitrogens is 1. The highest BCUT2D eigenvalue weighted by molar-refractivity contribution is 7.99. The molecule has 8 nitrogen and oxygen atoms in total. The van der Waals surface area contributed by atoms with Gasteiger partial charge < -0.3 is 25.3 Å². The van der Waals surface area contributed by atoms with Gasteiger partial charge in [-0.2, -0.15) is 0 Å². The number of ether oxygens (including phenoxy) is 1. The molecule has 0 aliphatic carbocycles. The molecule has 0 aliphatic rings. The van der Waals surface area contributed by atoms with Gasteiger partial charge in [-0.05, 0) is 24.3 Å². The third-order valence-corrected chi connectivity index (χ3v) is 5.92. The van der Waals surface area contributed by atoms with E-state index in [2.05, 4.69) is 10.3 Å². The minimum absolute atomic E-state index is 0.288.